The summed E-state index contributed by atoms with van der Waals surface area (Å²) in [6, 6.07) is 5.33. The van der Waals surface area contributed by atoms with Crippen LogP contribution in [0.3, 0.4) is 0 Å². The fourth-order valence-electron chi connectivity index (χ4n) is 6.06. The summed E-state index contributed by atoms with van der Waals surface area (Å²) in [7, 11) is 0. The molecule has 3 aliphatic heterocycles. The molecule has 5 rings (SSSR count). The Hall–Kier alpha value is -2.91. The zero-order valence-corrected chi connectivity index (χ0v) is 21.5. The highest BCUT2D eigenvalue weighted by Gasteiger charge is 2.45. The highest BCUT2D eigenvalue weighted by Crippen LogP contribution is 2.51. The van der Waals surface area contributed by atoms with Crippen LogP contribution in [0, 0.1) is 0 Å². The lowest BCUT2D eigenvalue weighted by atomic mass is 9.85. The number of piperidine rings is 1. The smallest absolute Gasteiger partial charge is 0.417 e. The molecule has 1 fully saturated rings. The molecule has 3 heterocycles. The molecule has 0 aliphatic carbocycles. The number of rotatable bonds is 1. The minimum Gasteiger partial charge on any atom is -0.444 e. The number of hydrogen-bond acceptors (Lipinski definition) is 3. The number of nitrogens with zero attached hydrogens (tertiary/aromatic N) is 2. The lowest BCUT2D eigenvalue weighted by Crippen LogP contribution is -2.49. The van der Waals surface area contributed by atoms with E-state index in [0.29, 0.717) is 32.0 Å². The highest BCUT2D eigenvalue weighted by atomic mass is 19.4. The Balaban J connectivity index is 1.60. The van der Waals surface area contributed by atoms with Crippen molar-refractivity contribution < 1.29 is 35.9 Å². The first-order valence-corrected chi connectivity index (χ1v) is 12.8. The number of likely N-dealkylation sites (tertiary alicyclic amines) is 1. The maximum absolute atomic E-state index is 14.0. The molecular weight excluding hydrogens is 510 g/mol. The first-order chi connectivity index (χ1) is 17.6. The molecule has 0 saturated carbocycles. The van der Waals surface area contributed by atoms with Crippen LogP contribution in [0.5, 0.6) is 0 Å². The van der Waals surface area contributed by atoms with E-state index in [0.717, 1.165) is 42.3 Å². The topological polar surface area (TPSA) is 32.8 Å². The molecule has 10 heteroatoms. The third-order valence-corrected chi connectivity index (χ3v) is 7.59. The molecule has 2 aromatic carbocycles. The molecule has 0 spiro atoms. The Morgan fingerprint density at radius 3 is 2.34 bits per heavy atom. The van der Waals surface area contributed by atoms with Gasteiger partial charge in [0.05, 0.1) is 11.1 Å². The molecule has 3 aliphatic rings. The Labute approximate surface area is 217 Å². The number of benzene rings is 2. The molecule has 0 unspecified atom stereocenters. The van der Waals surface area contributed by atoms with Crippen molar-refractivity contribution >= 4 is 11.8 Å². The van der Waals surface area contributed by atoms with Crippen molar-refractivity contribution in [1.82, 2.24) is 4.90 Å². The maximum Gasteiger partial charge on any atom is 0.417 e. The first-order valence-electron chi connectivity index (χ1n) is 12.8. The molecule has 0 aromatic heterocycles. The number of halogens is 6. The Kier molecular flexibility index (Phi) is 6.38. The quantitative estimate of drug-likeness (QED) is 0.349. The van der Waals surface area contributed by atoms with Gasteiger partial charge in [0.25, 0.3) is 0 Å². The number of carbonyl (C=O) groups is 1. The average molecular weight is 541 g/mol. The second-order valence-electron chi connectivity index (χ2n) is 11.4. The minimum atomic E-state index is -4.96. The van der Waals surface area contributed by atoms with E-state index in [9.17, 15) is 31.1 Å². The summed E-state index contributed by atoms with van der Waals surface area (Å²) in [4.78, 5) is 16.8. The van der Waals surface area contributed by atoms with Gasteiger partial charge >= 0.3 is 18.4 Å². The van der Waals surface area contributed by atoms with Crippen molar-refractivity contribution in [2.45, 2.75) is 76.4 Å². The van der Waals surface area contributed by atoms with Gasteiger partial charge in [-0.1, -0.05) is 6.07 Å². The van der Waals surface area contributed by atoms with E-state index in [4.69, 9.17) is 4.74 Å². The van der Waals surface area contributed by atoms with Gasteiger partial charge < -0.3 is 14.5 Å². The van der Waals surface area contributed by atoms with E-state index >= 15 is 0 Å². The Bertz CT molecular complexity index is 1250. The van der Waals surface area contributed by atoms with E-state index in [1.807, 2.05) is 0 Å². The van der Waals surface area contributed by atoms with Crippen molar-refractivity contribution in [3.63, 3.8) is 0 Å². The van der Waals surface area contributed by atoms with Crippen LogP contribution >= 0.6 is 0 Å². The van der Waals surface area contributed by atoms with Crippen LogP contribution in [-0.2, 0) is 23.5 Å². The summed E-state index contributed by atoms with van der Waals surface area (Å²) >= 11 is 0. The largest absolute Gasteiger partial charge is 0.444 e. The number of fused-ring (bicyclic) bond motifs is 3. The third kappa shape index (κ3) is 4.94. The number of alkyl halides is 6. The second-order valence-corrected chi connectivity index (χ2v) is 11.4. The van der Waals surface area contributed by atoms with Gasteiger partial charge in [-0.25, -0.2) is 4.79 Å². The van der Waals surface area contributed by atoms with E-state index in [1.54, 1.807) is 37.8 Å². The lowest BCUT2D eigenvalue weighted by Gasteiger charge is -2.39. The average Bonchev–Trinajstić information content (AvgIpc) is 2.96. The summed E-state index contributed by atoms with van der Waals surface area (Å²) in [6.45, 7) is 7.07. The summed E-state index contributed by atoms with van der Waals surface area (Å²) in [5.74, 6) is -0.133. The zero-order chi connectivity index (χ0) is 27.6. The number of hydrogen-bond donors (Lipinski definition) is 0. The van der Waals surface area contributed by atoms with Crippen molar-refractivity contribution in [3.05, 3.63) is 52.6 Å². The molecule has 38 heavy (non-hydrogen) atoms. The predicted octanol–water partition coefficient (Wildman–Crippen LogP) is 7.64. The number of carbonyl (C=O) groups excluding carboxylic acids is 1. The van der Waals surface area contributed by atoms with Crippen molar-refractivity contribution in [2.75, 3.05) is 24.5 Å². The second kappa shape index (κ2) is 9.09. The molecule has 1 saturated heterocycles. The number of aryl methyl sites for hydroxylation is 1. The van der Waals surface area contributed by atoms with Gasteiger partial charge in [0, 0.05) is 37.3 Å². The molecule has 2 atom stereocenters. The lowest BCUT2D eigenvalue weighted by molar-refractivity contribution is -0.142. The van der Waals surface area contributed by atoms with E-state index in [2.05, 4.69) is 4.90 Å². The Morgan fingerprint density at radius 1 is 0.947 bits per heavy atom. The molecule has 206 valence electrons. The van der Waals surface area contributed by atoms with Crippen LogP contribution in [0.4, 0.5) is 36.8 Å². The van der Waals surface area contributed by atoms with Crippen LogP contribution < -0.4 is 4.90 Å². The van der Waals surface area contributed by atoms with Gasteiger partial charge in [0.1, 0.15) is 5.60 Å². The molecule has 1 amide bonds. The molecular formula is C28H30F6N2O2. The van der Waals surface area contributed by atoms with Crippen LogP contribution in [0.1, 0.15) is 68.2 Å². The number of amides is 1. The van der Waals surface area contributed by atoms with Gasteiger partial charge in [-0.05, 0) is 93.0 Å². The normalized spacial score (nSPS) is 21.6. The third-order valence-electron chi connectivity index (χ3n) is 7.59. The van der Waals surface area contributed by atoms with Crippen molar-refractivity contribution in [1.29, 1.82) is 0 Å². The van der Waals surface area contributed by atoms with E-state index in [1.165, 1.54) is 0 Å². The van der Waals surface area contributed by atoms with Gasteiger partial charge in [-0.15, -0.1) is 0 Å². The van der Waals surface area contributed by atoms with Crippen molar-refractivity contribution in [2.24, 2.45) is 0 Å². The van der Waals surface area contributed by atoms with Crippen molar-refractivity contribution in [3.8, 4) is 11.1 Å². The molecule has 2 aromatic rings. The summed E-state index contributed by atoms with van der Waals surface area (Å²) in [5, 5.41) is 0. The van der Waals surface area contributed by atoms with Crippen LogP contribution in [-0.4, -0.2) is 42.3 Å². The van der Waals surface area contributed by atoms with E-state index < -0.39 is 35.2 Å². The fraction of sp³-hybridized carbons (Fsp3) is 0.536. The summed E-state index contributed by atoms with van der Waals surface area (Å²) in [5.41, 5.74) is -0.566. The van der Waals surface area contributed by atoms with Crippen LogP contribution in [0.2, 0.25) is 0 Å². The fourth-order valence-corrected chi connectivity index (χ4v) is 6.06. The van der Waals surface area contributed by atoms with Gasteiger partial charge in [-0.3, -0.25) is 0 Å². The molecule has 0 N–H and O–H groups in total. The number of ether oxygens (including phenoxy) is 1. The zero-order valence-electron chi connectivity index (χ0n) is 21.5. The van der Waals surface area contributed by atoms with Crippen LogP contribution in [0.25, 0.3) is 11.1 Å². The monoisotopic (exact) mass is 540 g/mol. The summed E-state index contributed by atoms with van der Waals surface area (Å²) in [6.07, 6.45) is -7.12. The van der Waals surface area contributed by atoms with Crippen LogP contribution in [0.15, 0.2) is 30.3 Å². The minimum absolute atomic E-state index is 0.102. The molecule has 0 bridgehead atoms. The van der Waals surface area contributed by atoms with Gasteiger partial charge in [0.15, 0.2) is 0 Å². The first kappa shape index (κ1) is 26.7. The predicted molar refractivity (Wildman–Crippen MR) is 131 cm³/mol. The van der Waals surface area contributed by atoms with Gasteiger partial charge in [-0.2, -0.15) is 26.3 Å². The summed E-state index contributed by atoms with van der Waals surface area (Å²) < 4.78 is 87.4. The molecule has 0 radical (unpaired) electrons. The Morgan fingerprint density at radius 2 is 1.68 bits per heavy atom. The highest BCUT2D eigenvalue weighted by molar-refractivity contribution is 5.78. The SMILES string of the molecule is CC(C)(C)OC(=O)N1CC[C@H]2[C@@H](C1)c1cc(-c3ccc(C(F)(F)F)cc3C(F)(F)F)cc3c1N2CCCC3. The standard InChI is InChI=1S/C28H30F6N2O2/c1-26(2,3)38-25(37)35-11-9-23-21(15-35)20-13-17(12-16-6-4-5-10-36(23)24(16)20)19-8-7-18(27(29,30)31)14-22(19)28(32,33)34/h7-8,12-14,21,23H,4-6,9-11,15H2,1-3H3/t21-,23-/m0/s1. The number of anilines is 1. The van der Waals surface area contributed by atoms with E-state index in [-0.39, 0.29) is 29.2 Å². The molecule has 4 nitrogen and oxygen atoms in total. The maximum atomic E-state index is 14.0. The van der Waals surface area contributed by atoms with Gasteiger partial charge in [0.2, 0.25) is 0 Å².